The lowest BCUT2D eigenvalue weighted by Crippen LogP contribution is -2.47. The summed E-state index contributed by atoms with van der Waals surface area (Å²) in [5.74, 6) is 1.92. The van der Waals surface area contributed by atoms with Crippen molar-refractivity contribution in [3.05, 3.63) is 24.5 Å². The molecular weight excluding hydrogens is 318 g/mol. The van der Waals surface area contributed by atoms with E-state index in [2.05, 4.69) is 9.88 Å². The van der Waals surface area contributed by atoms with Crippen molar-refractivity contribution in [1.82, 2.24) is 14.2 Å². The van der Waals surface area contributed by atoms with Crippen molar-refractivity contribution in [2.45, 2.75) is 30.2 Å². The van der Waals surface area contributed by atoms with Gasteiger partial charge in [-0.1, -0.05) is 0 Å². The second-order valence-electron chi connectivity index (χ2n) is 5.89. The standard InChI is InChI=1S/C15H23N3O2S2/c19-22(20,15-5-3-6-16-11-15)18-9-4-10-21-13-14(18)12-17-7-1-2-8-17/h3,5-6,11,14H,1-2,4,7-10,12-13H2/t14-/m1/s1. The van der Waals surface area contributed by atoms with Crippen molar-refractivity contribution >= 4 is 21.8 Å². The molecule has 1 aromatic heterocycles. The number of hydrogen-bond donors (Lipinski definition) is 0. The third-order valence-electron chi connectivity index (χ3n) is 4.29. The van der Waals surface area contributed by atoms with E-state index >= 15 is 0 Å². The first-order valence-electron chi connectivity index (χ1n) is 7.90. The van der Waals surface area contributed by atoms with Crippen molar-refractivity contribution in [1.29, 1.82) is 0 Å². The molecule has 1 aromatic rings. The Morgan fingerprint density at radius 2 is 2.05 bits per heavy atom. The molecule has 0 amide bonds. The molecule has 0 aromatic carbocycles. The van der Waals surface area contributed by atoms with E-state index < -0.39 is 10.0 Å². The third-order valence-corrected chi connectivity index (χ3v) is 7.43. The van der Waals surface area contributed by atoms with Crippen LogP contribution in [0.25, 0.3) is 0 Å². The summed E-state index contributed by atoms with van der Waals surface area (Å²) in [5, 5.41) is 0. The first kappa shape index (κ1) is 16.2. The molecule has 0 bridgehead atoms. The lowest BCUT2D eigenvalue weighted by molar-refractivity contribution is 0.243. The van der Waals surface area contributed by atoms with Crippen LogP contribution in [0.4, 0.5) is 0 Å². The van der Waals surface area contributed by atoms with Gasteiger partial charge < -0.3 is 4.90 Å². The molecule has 22 heavy (non-hydrogen) atoms. The predicted molar refractivity (Wildman–Crippen MR) is 89.5 cm³/mol. The van der Waals surface area contributed by atoms with Crippen molar-refractivity contribution in [2.75, 3.05) is 37.7 Å². The van der Waals surface area contributed by atoms with Gasteiger partial charge in [0.1, 0.15) is 4.90 Å². The molecular formula is C15H23N3O2S2. The van der Waals surface area contributed by atoms with Crippen molar-refractivity contribution in [2.24, 2.45) is 0 Å². The zero-order chi connectivity index (χ0) is 15.4. The van der Waals surface area contributed by atoms with Crippen molar-refractivity contribution in [3.63, 3.8) is 0 Å². The summed E-state index contributed by atoms with van der Waals surface area (Å²) in [6, 6.07) is 3.40. The van der Waals surface area contributed by atoms with E-state index in [0.717, 1.165) is 37.6 Å². The van der Waals surface area contributed by atoms with E-state index in [-0.39, 0.29) is 6.04 Å². The van der Waals surface area contributed by atoms with Gasteiger partial charge in [-0.2, -0.15) is 16.1 Å². The van der Waals surface area contributed by atoms with E-state index in [4.69, 9.17) is 0 Å². The zero-order valence-electron chi connectivity index (χ0n) is 12.7. The quantitative estimate of drug-likeness (QED) is 0.834. The number of thioether (sulfide) groups is 1. The van der Waals surface area contributed by atoms with Gasteiger partial charge >= 0.3 is 0 Å². The van der Waals surface area contributed by atoms with Crippen molar-refractivity contribution < 1.29 is 8.42 Å². The first-order valence-corrected chi connectivity index (χ1v) is 10.5. The molecule has 2 saturated heterocycles. The SMILES string of the molecule is O=S(=O)(c1cccnc1)N1CCCSC[C@H]1CN1CCCC1. The highest BCUT2D eigenvalue weighted by atomic mass is 32.2. The maximum absolute atomic E-state index is 13.0. The highest BCUT2D eigenvalue weighted by molar-refractivity contribution is 7.99. The molecule has 3 heterocycles. The Labute approximate surface area is 137 Å². The Morgan fingerprint density at radius 1 is 1.23 bits per heavy atom. The minimum atomic E-state index is -3.45. The number of aromatic nitrogens is 1. The summed E-state index contributed by atoms with van der Waals surface area (Å²) in [6.45, 7) is 3.67. The van der Waals surface area contributed by atoms with Gasteiger partial charge in [0.25, 0.3) is 0 Å². The van der Waals surface area contributed by atoms with Gasteiger partial charge in [-0.05, 0) is 50.2 Å². The topological polar surface area (TPSA) is 53.5 Å². The van der Waals surface area contributed by atoms with Crippen LogP contribution in [-0.2, 0) is 10.0 Å². The van der Waals surface area contributed by atoms with Crippen LogP contribution in [0.3, 0.4) is 0 Å². The van der Waals surface area contributed by atoms with Crippen LogP contribution in [0.5, 0.6) is 0 Å². The number of hydrogen-bond acceptors (Lipinski definition) is 5. The van der Waals surface area contributed by atoms with Gasteiger partial charge in [0.15, 0.2) is 0 Å². The smallest absolute Gasteiger partial charge is 0.244 e. The molecule has 0 radical (unpaired) electrons. The van der Waals surface area contributed by atoms with Crippen LogP contribution >= 0.6 is 11.8 Å². The summed E-state index contributed by atoms with van der Waals surface area (Å²) in [6.07, 6.45) is 6.45. The van der Waals surface area contributed by atoms with Crippen LogP contribution in [-0.4, -0.2) is 66.3 Å². The summed E-state index contributed by atoms with van der Waals surface area (Å²) in [4.78, 5) is 6.69. The van der Waals surface area contributed by atoms with E-state index in [1.54, 1.807) is 22.6 Å². The Bertz CT molecular complexity index is 574. The second kappa shape index (κ2) is 7.29. The zero-order valence-corrected chi connectivity index (χ0v) is 14.4. The molecule has 122 valence electrons. The third kappa shape index (κ3) is 3.64. The molecule has 0 spiro atoms. The molecule has 2 aliphatic heterocycles. The second-order valence-corrected chi connectivity index (χ2v) is 8.93. The molecule has 7 heteroatoms. The van der Waals surface area contributed by atoms with Crippen LogP contribution < -0.4 is 0 Å². The average molecular weight is 342 g/mol. The number of sulfonamides is 1. The number of likely N-dealkylation sites (tertiary alicyclic amines) is 1. The summed E-state index contributed by atoms with van der Waals surface area (Å²) in [5.41, 5.74) is 0. The molecule has 2 fully saturated rings. The largest absolute Gasteiger partial charge is 0.302 e. The maximum atomic E-state index is 13.0. The Morgan fingerprint density at radius 3 is 2.77 bits per heavy atom. The fraction of sp³-hybridized carbons (Fsp3) is 0.667. The van der Waals surface area contributed by atoms with Gasteiger partial charge in [0.2, 0.25) is 10.0 Å². The van der Waals surface area contributed by atoms with Gasteiger partial charge in [-0.15, -0.1) is 0 Å². The molecule has 5 nitrogen and oxygen atoms in total. The number of nitrogens with zero attached hydrogens (tertiary/aromatic N) is 3. The summed E-state index contributed by atoms with van der Waals surface area (Å²) in [7, 11) is -3.45. The molecule has 2 aliphatic rings. The molecule has 3 rings (SSSR count). The van der Waals surface area contributed by atoms with Gasteiger partial charge in [-0.3, -0.25) is 4.98 Å². The van der Waals surface area contributed by atoms with Crippen LogP contribution in [0.2, 0.25) is 0 Å². The lowest BCUT2D eigenvalue weighted by Gasteiger charge is -2.31. The van der Waals surface area contributed by atoms with E-state index in [1.165, 1.54) is 19.0 Å². The Balaban J connectivity index is 1.83. The van der Waals surface area contributed by atoms with E-state index in [0.29, 0.717) is 11.4 Å². The monoisotopic (exact) mass is 341 g/mol. The van der Waals surface area contributed by atoms with Crippen LogP contribution in [0.15, 0.2) is 29.4 Å². The van der Waals surface area contributed by atoms with E-state index in [9.17, 15) is 8.42 Å². The minimum Gasteiger partial charge on any atom is -0.302 e. The van der Waals surface area contributed by atoms with Crippen LogP contribution in [0.1, 0.15) is 19.3 Å². The van der Waals surface area contributed by atoms with Gasteiger partial charge in [0, 0.05) is 37.3 Å². The number of pyridine rings is 1. The predicted octanol–water partition coefficient (Wildman–Crippen LogP) is 1.67. The molecule has 0 saturated carbocycles. The summed E-state index contributed by atoms with van der Waals surface area (Å²) < 4.78 is 27.7. The van der Waals surface area contributed by atoms with Gasteiger partial charge in [-0.25, -0.2) is 8.42 Å². The first-order chi connectivity index (χ1) is 10.7. The van der Waals surface area contributed by atoms with Crippen LogP contribution in [0, 0.1) is 0 Å². The maximum Gasteiger partial charge on any atom is 0.244 e. The fourth-order valence-corrected chi connectivity index (χ4v) is 5.94. The number of rotatable bonds is 4. The highest BCUT2D eigenvalue weighted by Crippen LogP contribution is 2.25. The highest BCUT2D eigenvalue weighted by Gasteiger charge is 2.34. The molecule has 0 aliphatic carbocycles. The lowest BCUT2D eigenvalue weighted by atomic mass is 10.3. The minimum absolute atomic E-state index is 0.0656. The summed E-state index contributed by atoms with van der Waals surface area (Å²) >= 11 is 1.87. The van der Waals surface area contributed by atoms with E-state index in [1.807, 2.05) is 11.8 Å². The molecule has 0 unspecified atom stereocenters. The average Bonchev–Trinajstić information content (AvgIpc) is 2.92. The Kier molecular flexibility index (Phi) is 5.38. The normalized spacial score (nSPS) is 25.2. The van der Waals surface area contributed by atoms with Crippen molar-refractivity contribution in [3.8, 4) is 0 Å². The van der Waals surface area contributed by atoms with Gasteiger partial charge in [0.05, 0.1) is 0 Å². The molecule has 0 N–H and O–H groups in total. The Hall–Kier alpha value is -0.630. The molecule has 1 atom stereocenters. The fourth-order valence-electron chi connectivity index (χ4n) is 3.17.